The molecule has 0 unspecified atom stereocenters. The molecule has 0 aliphatic rings. The van der Waals surface area contributed by atoms with Gasteiger partial charge in [-0.1, -0.05) is 24.8 Å². The number of rotatable bonds is 2. The first-order chi connectivity index (χ1) is 7.10. The lowest BCUT2D eigenvalue weighted by molar-refractivity contribution is 1.44. The van der Waals surface area contributed by atoms with E-state index in [1.54, 1.807) is 11.3 Å². The van der Waals surface area contributed by atoms with Gasteiger partial charge in [0.25, 0.3) is 0 Å². The van der Waals surface area contributed by atoms with Crippen LogP contribution in [0.5, 0.6) is 0 Å². The van der Waals surface area contributed by atoms with Crippen LogP contribution in [-0.4, -0.2) is 0 Å². The SMILES string of the molecule is C=c1c(/C=C\C)c(C)s/c1=C/C(N)=C\C. The molecule has 15 heavy (non-hydrogen) atoms. The zero-order chi connectivity index (χ0) is 11.4. The number of thiophene rings is 1. The van der Waals surface area contributed by atoms with Crippen molar-refractivity contribution in [3.63, 3.8) is 0 Å². The Morgan fingerprint density at radius 1 is 1.40 bits per heavy atom. The van der Waals surface area contributed by atoms with Crippen molar-refractivity contribution in [1.82, 2.24) is 0 Å². The number of nitrogens with two attached hydrogens (primary N) is 1. The molecule has 0 fully saturated rings. The molecular formula is C13H17NS. The molecule has 2 heteroatoms. The predicted molar refractivity (Wildman–Crippen MR) is 70.9 cm³/mol. The average molecular weight is 219 g/mol. The van der Waals surface area contributed by atoms with Gasteiger partial charge in [-0.25, -0.2) is 0 Å². The van der Waals surface area contributed by atoms with Crippen molar-refractivity contribution in [2.75, 3.05) is 0 Å². The Morgan fingerprint density at radius 2 is 2.07 bits per heavy atom. The molecule has 1 nitrogen and oxygen atoms in total. The van der Waals surface area contributed by atoms with Crippen molar-refractivity contribution in [1.29, 1.82) is 0 Å². The first-order valence-electron chi connectivity index (χ1n) is 4.94. The second-order valence-corrected chi connectivity index (χ2v) is 4.60. The van der Waals surface area contributed by atoms with E-state index in [0.29, 0.717) is 0 Å². The predicted octanol–water partition coefficient (Wildman–Crippen LogP) is 2.14. The summed E-state index contributed by atoms with van der Waals surface area (Å²) in [5.74, 6) is 0. The topological polar surface area (TPSA) is 26.0 Å². The summed E-state index contributed by atoms with van der Waals surface area (Å²) in [6.07, 6.45) is 8.00. The zero-order valence-corrected chi connectivity index (χ0v) is 10.3. The summed E-state index contributed by atoms with van der Waals surface area (Å²) in [6, 6.07) is 0. The fourth-order valence-electron chi connectivity index (χ4n) is 1.36. The molecule has 0 aliphatic heterocycles. The van der Waals surface area contributed by atoms with Crippen LogP contribution in [0.3, 0.4) is 0 Å². The van der Waals surface area contributed by atoms with E-state index >= 15 is 0 Å². The minimum absolute atomic E-state index is 0.785. The molecule has 1 rings (SSSR count). The van der Waals surface area contributed by atoms with Crippen LogP contribution in [0, 0.1) is 6.92 Å². The first kappa shape index (κ1) is 11.8. The van der Waals surface area contributed by atoms with Crippen molar-refractivity contribution in [2.45, 2.75) is 20.8 Å². The molecule has 0 spiro atoms. The molecule has 0 saturated carbocycles. The second-order valence-electron chi connectivity index (χ2n) is 3.35. The van der Waals surface area contributed by atoms with Gasteiger partial charge in [0.15, 0.2) is 0 Å². The van der Waals surface area contributed by atoms with Gasteiger partial charge in [-0.05, 0) is 37.6 Å². The number of hydrogen-bond donors (Lipinski definition) is 1. The van der Waals surface area contributed by atoms with E-state index < -0.39 is 0 Å². The van der Waals surface area contributed by atoms with Gasteiger partial charge in [0.2, 0.25) is 0 Å². The van der Waals surface area contributed by atoms with Crippen LogP contribution in [0.4, 0.5) is 0 Å². The molecule has 0 saturated heterocycles. The Kier molecular flexibility index (Phi) is 3.92. The van der Waals surface area contributed by atoms with Crippen molar-refractivity contribution < 1.29 is 0 Å². The van der Waals surface area contributed by atoms with E-state index in [0.717, 1.165) is 15.4 Å². The normalized spacial score (nSPS) is 14.1. The highest BCUT2D eigenvalue weighted by molar-refractivity contribution is 7.10. The third-order valence-corrected chi connectivity index (χ3v) is 3.34. The summed E-state index contributed by atoms with van der Waals surface area (Å²) in [5, 5.41) is 1.07. The summed E-state index contributed by atoms with van der Waals surface area (Å²) in [5.41, 5.74) is 7.78. The van der Waals surface area contributed by atoms with Crippen LogP contribution < -0.4 is 15.5 Å². The molecule has 1 aromatic heterocycles. The van der Waals surface area contributed by atoms with Crippen molar-refractivity contribution in [2.24, 2.45) is 5.73 Å². The van der Waals surface area contributed by atoms with Crippen LogP contribution in [0.2, 0.25) is 0 Å². The summed E-state index contributed by atoms with van der Waals surface area (Å²) < 4.78 is 1.15. The van der Waals surface area contributed by atoms with Crippen LogP contribution in [-0.2, 0) is 0 Å². The molecule has 0 radical (unpaired) electrons. The zero-order valence-electron chi connectivity index (χ0n) is 9.50. The first-order valence-corrected chi connectivity index (χ1v) is 5.76. The summed E-state index contributed by atoms with van der Waals surface area (Å²) in [4.78, 5) is 1.29. The lowest BCUT2D eigenvalue weighted by atomic mass is 10.2. The van der Waals surface area contributed by atoms with Crippen molar-refractivity contribution in [3.8, 4) is 0 Å². The highest BCUT2D eigenvalue weighted by atomic mass is 32.1. The average Bonchev–Trinajstić information content (AvgIpc) is 2.46. The van der Waals surface area contributed by atoms with Gasteiger partial charge >= 0.3 is 0 Å². The maximum Gasteiger partial charge on any atom is 0.0366 e. The number of aryl methyl sites for hydroxylation is 1. The molecular weight excluding hydrogens is 202 g/mol. The molecule has 0 aromatic carbocycles. The Labute approximate surface area is 94.9 Å². The minimum Gasteiger partial charge on any atom is -0.399 e. The maximum absolute atomic E-state index is 5.77. The van der Waals surface area contributed by atoms with Gasteiger partial charge < -0.3 is 5.73 Å². The Bertz CT molecular complexity index is 503. The van der Waals surface area contributed by atoms with E-state index in [9.17, 15) is 0 Å². The summed E-state index contributed by atoms with van der Waals surface area (Å²) in [7, 11) is 0. The highest BCUT2D eigenvalue weighted by Crippen LogP contribution is 2.07. The standard InChI is InChI=1S/C13H17NS/c1-5-7-12-9(3)13(15-10(12)4)8-11(14)6-2/h5-8H,3,14H2,1-2,4H3/b7-5-,11-6+,13-8+. The lowest BCUT2D eigenvalue weighted by Crippen LogP contribution is -2.19. The van der Waals surface area contributed by atoms with E-state index in [-0.39, 0.29) is 0 Å². The van der Waals surface area contributed by atoms with Crippen molar-refractivity contribution >= 4 is 30.1 Å². The smallest absolute Gasteiger partial charge is 0.0366 e. The molecule has 0 amide bonds. The molecule has 1 aromatic rings. The van der Waals surface area contributed by atoms with Gasteiger partial charge in [0.1, 0.15) is 0 Å². The van der Waals surface area contributed by atoms with E-state index in [1.165, 1.54) is 10.4 Å². The molecule has 0 atom stereocenters. The van der Waals surface area contributed by atoms with E-state index in [4.69, 9.17) is 5.73 Å². The Morgan fingerprint density at radius 3 is 2.60 bits per heavy atom. The van der Waals surface area contributed by atoms with Crippen LogP contribution in [0.15, 0.2) is 17.8 Å². The quantitative estimate of drug-likeness (QED) is 0.810. The fraction of sp³-hybridized carbons (Fsp3) is 0.231. The van der Waals surface area contributed by atoms with Crippen LogP contribution >= 0.6 is 11.3 Å². The van der Waals surface area contributed by atoms with E-state index in [1.807, 2.05) is 32.1 Å². The highest BCUT2D eigenvalue weighted by Gasteiger charge is 2.00. The molecule has 80 valence electrons. The fourth-order valence-corrected chi connectivity index (χ4v) is 2.42. The van der Waals surface area contributed by atoms with Crippen molar-refractivity contribution in [3.05, 3.63) is 38.0 Å². The number of allylic oxidation sites excluding steroid dienone is 3. The molecule has 1 heterocycles. The monoisotopic (exact) mass is 219 g/mol. The molecule has 2 N–H and O–H groups in total. The van der Waals surface area contributed by atoms with Crippen LogP contribution in [0.1, 0.15) is 24.3 Å². The summed E-state index contributed by atoms with van der Waals surface area (Å²) >= 11 is 1.73. The van der Waals surface area contributed by atoms with E-state index in [2.05, 4.69) is 19.6 Å². The Hall–Kier alpha value is -1.28. The summed E-state index contributed by atoms with van der Waals surface area (Å²) in [6.45, 7) is 10.1. The third-order valence-electron chi connectivity index (χ3n) is 2.23. The third kappa shape index (κ3) is 2.60. The number of hydrogen-bond acceptors (Lipinski definition) is 2. The molecule has 0 aliphatic carbocycles. The maximum atomic E-state index is 5.77. The van der Waals surface area contributed by atoms with Gasteiger partial charge in [-0.2, -0.15) is 0 Å². The second kappa shape index (κ2) is 4.99. The van der Waals surface area contributed by atoms with Gasteiger partial charge in [-0.3, -0.25) is 0 Å². The largest absolute Gasteiger partial charge is 0.399 e. The molecule has 0 bridgehead atoms. The van der Waals surface area contributed by atoms with Gasteiger partial charge in [0, 0.05) is 15.1 Å². The lowest BCUT2D eigenvalue weighted by Gasteiger charge is -1.87. The minimum atomic E-state index is 0.785. The van der Waals surface area contributed by atoms with Crippen LogP contribution in [0.25, 0.3) is 18.7 Å². The van der Waals surface area contributed by atoms with Gasteiger partial charge in [-0.15, -0.1) is 11.3 Å². The Balaban J connectivity index is 3.43. The van der Waals surface area contributed by atoms with Gasteiger partial charge in [0.05, 0.1) is 0 Å².